The molecule has 2 aromatic rings. The van der Waals surface area contributed by atoms with Gasteiger partial charge in [-0.15, -0.1) is 0 Å². The standard InChI is InChI=1S/C24H32N4O2/c1-4-6-7-8-19(14-18-11-12-20(30-5-2)13-16(18)3)22-21(24(26)29)23(25)28(27-22)15-17-9-10-17/h7-8,11-14,17H,4-6,9-10,15,25H2,1-3H3,(H2,26,29). The second-order valence-corrected chi connectivity index (χ2v) is 7.84. The van der Waals surface area contributed by atoms with Crippen molar-refractivity contribution in [2.75, 3.05) is 12.3 Å². The van der Waals surface area contributed by atoms with Gasteiger partial charge in [-0.1, -0.05) is 31.6 Å². The normalized spacial score (nSPS) is 14.4. The summed E-state index contributed by atoms with van der Waals surface area (Å²) in [4.78, 5) is 12.2. The van der Waals surface area contributed by atoms with Crippen LogP contribution in [0.3, 0.4) is 0 Å². The Bertz CT molecular complexity index is 968. The summed E-state index contributed by atoms with van der Waals surface area (Å²) in [6, 6.07) is 5.98. The van der Waals surface area contributed by atoms with Gasteiger partial charge in [-0.05, 0) is 68.4 Å². The Kier molecular flexibility index (Phi) is 6.98. The fourth-order valence-corrected chi connectivity index (χ4v) is 3.41. The number of allylic oxidation sites excluding steroid dienone is 3. The van der Waals surface area contributed by atoms with Crippen molar-refractivity contribution in [2.45, 2.75) is 53.0 Å². The second kappa shape index (κ2) is 9.65. The highest BCUT2D eigenvalue weighted by molar-refractivity contribution is 6.04. The van der Waals surface area contributed by atoms with E-state index in [2.05, 4.69) is 13.0 Å². The first kappa shape index (κ1) is 21.7. The van der Waals surface area contributed by atoms with Gasteiger partial charge in [0.05, 0.1) is 6.61 Å². The van der Waals surface area contributed by atoms with Crippen molar-refractivity contribution in [3.05, 3.63) is 52.7 Å². The minimum absolute atomic E-state index is 0.298. The summed E-state index contributed by atoms with van der Waals surface area (Å²) in [7, 11) is 0. The van der Waals surface area contributed by atoms with Gasteiger partial charge in [0.2, 0.25) is 0 Å². The number of ether oxygens (including phenoxy) is 1. The van der Waals surface area contributed by atoms with Gasteiger partial charge >= 0.3 is 0 Å². The molecule has 1 amide bonds. The number of nitrogen functional groups attached to an aromatic ring is 1. The summed E-state index contributed by atoms with van der Waals surface area (Å²) >= 11 is 0. The zero-order chi connectivity index (χ0) is 21.7. The van der Waals surface area contributed by atoms with E-state index in [-0.39, 0.29) is 0 Å². The maximum atomic E-state index is 12.2. The molecule has 0 saturated heterocycles. The largest absolute Gasteiger partial charge is 0.494 e. The maximum absolute atomic E-state index is 12.2. The first-order valence-corrected chi connectivity index (χ1v) is 10.7. The maximum Gasteiger partial charge on any atom is 0.254 e. The Morgan fingerprint density at radius 1 is 1.33 bits per heavy atom. The highest BCUT2D eigenvalue weighted by Gasteiger charge is 2.27. The Morgan fingerprint density at radius 3 is 2.70 bits per heavy atom. The zero-order valence-corrected chi connectivity index (χ0v) is 18.1. The molecular weight excluding hydrogens is 376 g/mol. The number of carbonyl (C=O) groups is 1. The average molecular weight is 409 g/mol. The molecule has 0 aliphatic heterocycles. The molecule has 1 heterocycles. The van der Waals surface area contributed by atoms with Gasteiger partial charge in [0.25, 0.3) is 5.91 Å². The topological polar surface area (TPSA) is 96.2 Å². The van der Waals surface area contributed by atoms with E-state index >= 15 is 0 Å². The number of primary amides is 1. The lowest BCUT2D eigenvalue weighted by molar-refractivity contribution is 0.100. The zero-order valence-electron chi connectivity index (χ0n) is 18.1. The smallest absolute Gasteiger partial charge is 0.254 e. The highest BCUT2D eigenvalue weighted by atomic mass is 16.5. The number of benzene rings is 1. The molecule has 1 aliphatic carbocycles. The minimum atomic E-state index is -0.553. The first-order valence-electron chi connectivity index (χ1n) is 10.7. The van der Waals surface area contributed by atoms with Crippen LogP contribution in [0.4, 0.5) is 5.82 Å². The Hall–Kier alpha value is -3.02. The molecule has 1 aliphatic rings. The molecule has 0 unspecified atom stereocenters. The number of unbranched alkanes of at least 4 members (excludes halogenated alkanes) is 1. The SMILES string of the molecule is CCCC=CC(=Cc1ccc(OCC)cc1C)c1nn(CC2CC2)c(N)c1C(N)=O. The van der Waals surface area contributed by atoms with Crippen LogP contribution >= 0.6 is 0 Å². The number of nitrogens with zero attached hydrogens (tertiary/aromatic N) is 2. The van der Waals surface area contributed by atoms with Crippen LogP contribution in [0.2, 0.25) is 0 Å². The van der Waals surface area contributed by atoms with E-state index in [1.165, 1.54) is 12.8 Å². The summed E-state index contributed by atoms with van der Waals surface area (Å²) in [6.45, 7) is 7.48. The molecular formula is C24H32N4O2. The van der Waals surface area contributed by atoms with Crippen molar-refractivity contribution in [1.82, 2.24) is 9.78 Å². The predicted octanol–water partition coefficient (Wildman–Crippen LogP) is 4.58. The van der Waals surface area contributed by atoms with Crippen LogP contribution in [0.15, 0.2) is 30.4 Å². The number of anilines is 1. The number of nitrogens with two attached hydrogens (primary N) is 2. The molecule has 6 nitrogen and oxygen atoms in total. The summed E-state index contributed by atoms with van der Waals surface area (Å²) in [6.07, 6.45) is 10.4. The van der Waals surface area contributed by atoms with E-state index in [1.54, 1.807) is 4.68 Å². The molecule has 160 valence electrons. The van der Waals surface area contributed by atoms with Gasteiger partial charge < -0.3 is 16.2 Å². The summed E-state index contributed by atoms with van der Waals surface area (Å²) in [5.41, 5.74) is 15.8. The molecule has 3 rings (SSSR count). The van der Waals surface area contributed by atoms with E-state index in [0.717, 1.165) is 41.8 Å². The molecule has 0 spiro atoms. The van der Waals surface area contributed by atoms with Crippen LogP contribution in [0.1, 0.15) is 66.7 Å². The van der Waals surface area contributed by atoms with E-state index < -0.39 is 5.91 Å². The third-order valence-electron chi connectivity index (χ3n) is 5.26. The van der Waals surface area contributed by atoms with E-state index in [9.17, 15) is 4.79 Å². The van der Waals surface area contributed by atoms with Crippen molar-refractivity contribution in [3.63, 3.8) is 0 Å². The molecule has 1 saturated carbocycles. The fraction of sp³-hybridized carbons (Fsp3) is 0.417. The molecule has 0 radical (unpaired) electrons. The Morgan fingerprint density at radius 2 is 2.10 bits per heavy atom. The van der Waals surface area contributed by atoms with Gasteiger partial charge in [0.1, 0.15) is 22.8 Å². The highest BCUT2D eigenvalue weighted by Crippen LogP contribution is 2.34. The number of carbonyl (C=O) groups excluding carboxylic acids is 1. The van der Waals surface area contributed by atoms with Gasteiger partial charge in [-0.3, -0.25) is 4.79 Å². The summed E-state index contributed by atoms with van der Waals surface area (Å²) in [5.74, 6) is 1.22. The first-order chi connectivity index (χ1) is 14.4. The third kappa shape index (κ3) is 5.12. The van der Waals surface area contributed by atoms with Crippen LogP contribution < -0.4 is 16.2 Å². The van der Waals surface area contributed by atoms with Crippen LogP contribution in [-0.4, -0.2) is 22.3 Å². The van der Waals surface area contributed by atoms with E-state index in [0.29, 0.717) is 29.6 Å². The van der Waals surface area contributed by atoms with Crippen LogP contribution in [0.5, 0.6) is 5.75 Å². The quantitative estimate of drug-likeness (QED) is 0.563. The second-order valence-electron chi connectivity index (χ2n) is 7.84. The molecule has 0 atom stereocenters. The number of amides is 1. The molecule has 0 bridgehead atoms. The molecule has 6 heteroatoms. The third-order valence-corrected chi connectivity index (χ3v) is 5.26. The molecule has 30 heavy (non-hydrogen) atoms. The van der Waals surface area contributed by atoms with Crippen LogP contribution in [-0.2, 0) is 6.54 Å². The average Bonchev–Trinajstić information content (AvgIpc) is 3.45. The van der Waals surface area contributed by atoms with Gasteiger partial charge in [0, 0.05) is 12.1 Å². The lowest BCUT2D eigenvalue weighted by Gasteiger charge is -2.08. The van der Waals surface area contributed by atoms with Crippen molar-refractivity contribution >= 4 is 23.4 Å². The number of aromatic nitrogens is 2. The molecule has 1 fully saturated rings. The van der Waals surface area contributed by atoms with Gasteiger partial charge in [-0.2, -0.15) is 5.10 Å². The van der Waals surface area contributed by atoms with Crippen molar-refractivity contribution in [3.8, 4) is 5.75 Å². The van der Waals surface area contributed by atoms with Gasteiger partial charge in [-0.25, -0.2) is 4.68 Å². The number of hydrogen-bond acceptors (Lipinski definition) is 4. The molecule has 1 aromatic heterocycles. The number of rotatable bonds is 10. The summed E-state index contributed by atoms with van der Waals surface area (Å²) in [5, 5.41) is 4.71. The molecule has 1 aromatic carbocycles. The summed E-state index contributed by atoms with van der Waals surface area (Å²) < 4.78 is 7.33. The fourth-order valence-electron chi connectivity index (χ4n) is 3.41. The van der Waals surface area contributed by atoms with Crippen molar-refractivity contribution in [2.24, 2.45) is 11.7 Å². The minimum Gasteiger partial charge on any atom is -0.494 e. The molecule has 4 N–H and O–H groups in total. The van der Waals surface area contributed by atoms with Crippen LogP contribution in [0.25, 0.3) is 11.6 Å². The lowest BCUT2D eigenvalue weighted by atomic mass is 10.0. The lowest BCUT2D eigenvalue weighted by Crippen LogP contribution is -2.15. The monoisotopic (exact) mass is 408 g/mol. The van der Waals surface area contributed by atoms with Crippen LogP contribution in [0, 0.1) is 12.8 Å². The van der Waals surface area contributed by atoms with Crippen molar-refractivity contribution < 1.29 is 9.53 Å². The Labute approximate surface area is 178 Å². The van der Waals surface area contributed by atoms with E-state index in [4.69, 9.17) is 21.3 Å². The predicted molar refractivity (Wildman–Crippen MR) is 122 cm³/mol. The van der Waals surface area contributed by atoms with Gasteiger partial charge in [0.15, 0.2) is 0 Å². The van der Waals surface area contributed by atoms with Crippen molar-refractivity contribution in [1.29, 1.82) is 0 Å². The number of hydrogen-bond donors (Lipinski definition) is 2. The number of aryl methyl sites for hydroxylation is 1. The Balaban J connectivity index is 2.08. The van der Waals surface area contributed by atoms with E-state index in [1.807, 2.05) is 44.2 Å².